The van der Waals surface area contributed by atoms with E-state index in [0.717, 1.165) is 40.0 Å². The largest absolute Gasteiger partial charge is 0.497 e. The van der Waals surface area contributed by atoms with Gasteiger partial charge in [0.05, 0.1) is 7.11 Å². The lowest BCUT2D eigenvalue weighted by molar-refractivity contribution is -0.138. The lowest BCUT2D eigenvalue weighted by Crippen LogP contribution is -2.37. The first kappa shape index (κ1) is 22.4. The van der Waals surface area contributed by atoms with E-state index in [1.807, 2.05) is 48.5 Å². The first-order valence-corrected chi connectivity index (χ1v) is 11.0. The fourth-order valence-corrected chi connectivity index (χ4v) is 4.35. The van der Waals surface area contributed by atoms with Crippen molar-refractivity contribution in [3.63, 3.8) is 0 Å². The molecule has 3 aromatic carbocycles. The average molecular weight is 446 g/mol. The van der Waals surface area contributed by atoms with Crippen molar-refractivity contribution >= 4 is 12.1 Å². The van der Waals surface area contributed by atoms with Gasteiger partial charge in [-0.1, -0.05) is 60.7 Å². The van der Waals surface area contributed by atoms with E-state index in [4.69, 9.17) is 9.47 Å². The third kappa shape index (κ3) is 5.17. The van der Waals surface area contributed by atoms with Crippen molar-refractivity contribution in [3.05, 3.63) is 89.5 Å². The van der Waals surface area contributed by atoms with Gasteiger partial charge in [-0.25, -0.2) is 4.79 Å². The Hall–Kier alpha value is -3.80. The van der Waals surface area contributed by atoms with Crippen LogP contribution in [-0.4, -0.2) is 48.9 Å². The zero-order valence-electron chi connectivity index (χ0n) is 18.6. The van der Waals surface area contributed by atoms with Crippen LogP contribution in [0.3, 0.4) is 0 Å². The Kier molecular flexibility index (Phi) is 6.93. The van der Waals surface area contributed by atoms with Gasteiger partial charge in [-0.15, -0.1) is 0 Å². The quantitative estimate of drug-likeness (QED) is 0.504. The predicted molar refractivity (Wildman–Crippen MR) is 126 cm³/mol. The Balaban J connectivity index is 1.38. The number of methoxy groups -OCH3 is 1. The second-order valence-corrected chi connectivity index (χ2v) is 8.07. The summed E-state index contributed by atoms with van der Waals surface area (Å²) in [5, 5.41) is 9.28. The highest BCUT2D eigenvalue weighted by atomic mass is 16.6. The van der Waals surface area contributed by atoms with Gasteiger partial charge < -0.3 is 14.6 Å². The van der Waals surface area contributed by atoms with Crippen molar-refractivity contribution in [1.82, 2.24) is 4.90 Å². The van der Waals surface area contributed by atoms with E-state index in [2.05, 4.69) is 24.3 Å². The Bertz CT molecular complexity index is 1080. The van der Waals surface area contributed by atoms with E-state index in [-0.39, 0.29) is 19.1 Å². The summed E-state index contributed by atoms with van der Waals surface area (Å²) >= 11 is 0. The molecule has 0 spiro atoms. The number of ether oxygens (including phenoxy) is 2. The van der Waals surface area contributed by atoms with Crippen molar-refractivity contribution < 1.29 is 24.2 Å². The molecule has 3 aromatic rings. The van der Waals surface area contributed by atoms with E-state index in [1.54, 1.807) is 7.11 Å². The van der Waals surface area contributed by atoms with Gasteiger partial charge in [-0.2, -0.15) is 0 Å². The molecule has 0 radical (unpaired) electrons. The Labute approximate surface area is 193 Å². The number of carbonyl (C=O) groups excluding carboxylic acids is 1. The fourth-order valence-electron chi connectivity index (χ4n) is 4.35. The first-order valence-electron chi connectivity index (χ1n) is 11.0. The van der Waals surface area contributed by atoms with Gasteiger partial charge in [0, 0.05) is 12.5 Å². The molecule has 1 N–H and O–H groups in total. The van der Waals surface area contributed by atoms with Crippen molar-refractivity contribution in [1.29, 1.82) is 0 Å². The number of carbonyl (C=O) groups is 2. The third-order valence-electron chi connectivity index (χ3n) is 5.97. The number of amides is 1. The molecule has 1 amide bonds. The van der Waals surface area contributed by atoms with E-state index in [1.165, 1.54) is 4.90 Å². The molecule has 1 aliphatic rings. The molecule has 0 aliphatic heterocycles. The molecule has 33 heavy (non-hydrogen) atoms. The smallest absolute Gasteiger partial charge is 0.410 e. The summed E-state index contributed by atoms with van der Waals surface area (Å²) in [5.74, 6) is -0.342. The minimum atomic E-state index is -1.06. The molecule has 0 saturated carbocycles. The Morgan fingerprint density at radius 3 is 2.09 bits per heavy atom. The molecule has 0 fully saturated rings. The molecular weight excluding hydrogens is 418 g/mol. The number of benzene rings is 3. The van der Waals surface area contributed by atoms with Gasteiger partial charge in [-0.05, 0) is 52.8 Å². The van der Waals surface area contributed by atoms with Crippen molar-refractivity contribution in [2.24, 2.45) is 0 Å². The molecule has 0 unspecified atom stereocenters. The number of hydrogen-bond acceptors (Lipinski definition) is 4. The highest BCUT2D eigenvalue weighted by Gasteiger charge is 2.30. The van der Waals surface area contributed by atoms with Gasteiger partial charge in [0.25, 0.3) is 0 Å². The third-order valence-corrected chi connectivity index (χ3v) is 5.97. The summed E-state index contributed by atoms with van der Waals surface area (Å²) in [6.45, 7) is 0.0791. The lowest BCUT2D eigenvalue weighted by Gasteiger charge is -2.22. The van der Waals surface area contributed by atoms with Gasteiger partial charge in [0.15, 0.2) is 0 Å². The van der Waals surface area contributed by atoms with E-state index < -0.39 is 12.1 Å². The number of fused-ring (bicyclic) bond motifs is 3. The minimum absolute atomic E-state index is 0.0627. The van der Waals surface area contributed by atoms with Crippen LogP contribution in [0.2, 0.25) is 0 Å². The van der Waals surface area contributed by atoms with Gasteiger partial charge in [0.1, 0.15) is 18.9 Å². The molecular formula is C27H27NO5. The average Bonchev–Trinajstić information content (AvgIpc) is 3.16. The van der Waals surface area contributed by atoms with Crippen molar-refractivity contribution in [2.75, 3.05) is 26.8 Å². The number of nitrogens with zero attached hydrogens (tertiary/aromatic N) is 1. The van der Waals surface area contributed by atoms with Crippen LogP contribution in [-0.2, 0) is 16.0 Å². The molecule has 0 atom stereocenters. The number of rotatable bonds is 9. The van der Waals surface area contributed by atoms with Gasteiger partial charge in [0.2, 0.25) is 0 Å². The van der Waals surface area contributed by atoms with Crippen molar-refractivity contribution in [2.45, 2.75) is 18.8 Å². The fraction of sp³-hybridized carbons (Fsp3) is 0.259. The molecule has 170 valence electrons. The summed E-state index contributed by atoms with van der Waals surface area (Å²) in [7, 11) is 1.62. The Morgan fingerprint density at radius 1 is 0.909 bits per heavy atom. The minimum Gasteiger partial charge on any atom is -0.497 e. The van der Waals surface area contributed by atoms with Crippen LogP contribution in [0.15, 0.2) is 72.8 Å². The molecule has 0 heterocycles. The highest BCUT2D eigenvalue weighted by molar-refractivity contribution is 5.79. The summed E-state index contributed by atoms with van der Waals surface area (Å²) in [5.41, 5.74) is 5.64. The SMILES string of the molecule is COc1ccc(CCCN(CC(=O)O)C(=O)OCC2c3ccccc3-c3ccccc32)cc1. The Morgan fingerprint density at radius 2 is 1.52 bits per heavy atom. The lowest BCUT2D eigenvalue weighted by atomic mass is 9.98. The second kappa shape index (κ2) is 10.2. The van der Waals surface area contributed by atoms with Crippen LogP contribution >= 0.6 is 0 Å². The summed E-state index contributed by atoms with van der Waals surface area (Å²) in [6.07, 6.45) is 0.745. The zero-order valence-corrected chi connectivity index (χ0v) is 18.6. The molecule has 0 saturated heterocycles. The van der Waals surface area contributed by atoms with Crippen LogP contribution < -0.4 is 4.74 Å². The van der Waals surface area contributed by atoms with E-state index >= 15 is 0 Å². The molecule has 0 aromatic heterocycles. The highest BCUT2D eigenvalue weighted by Crippen LogP contribution is 2.44. The van der Waals surface area contributed by atoms with Crippen LogP contribution in [0.4, 0.5) is 4.79 Å². The summed E-state index contributed by atoms with van der Waals surface area (Å²) in [4.78, 5) is 25.4. The molecule has 0 bridgehead atoms. The van der Waals surface area contributed by atoms with Crippen molar-refractivity contribution in [3.8, 4) is 16.9 Å². The molecule has 4 rings (SSSR count). The standard InChI is InChI=1S/C27H27NO5/c1-32-20-14-12-19(13-15-20)7-6-16-28(17-26(29)30)27(31)33-18-25-23-10-4-2-8-21(23)22-9-3-5-11-24(22)25/h2-5,8-15,25H,6-7,16-18H2,1H3,(H,29,30). The maximum atomic E-state index is 12.8. The topological polar surface area (TPSA) is 76.1 Å². The van der Waals surface area contributed by atoms with Gasteiger partial charge >= 0.3 is 12.1 Å². The maximum absolute atomic E-state index is 12.8. The maximum Gasteiger partial charge on any atom is 0.410 e. The summed E-state index contributed by atoms with van der Waals surface area (Å²) in [6, 6.07) is 23.9. The first-order chi connectivity index (χ1) is 16.1. The monoisotopic (exact) mass is 445 g/mol. The van der Waals surface area contributed by atoms with Gasteiger partial charge in [-0.3, -0.25) is 9.69 Å². The van der Waals surface area contributed by atoms with Crippen LogP contribution in [0.25, 0.3) is 11.1 Å². The number of aliphatic carboxylic acids is 1. The zero-order chi connectivity index (χ0) is 23.2. The van der Waals surface area contributed by atoms with Crippen LogP contribution in [0.5, 0.6) is 5.75 Å². The molecule has 6 heteroatoms. The van der Waals surface area contributed by atoms with Crippen LogP contribution in [0.1, 0.15) is 29.0 Å². The molecule has 6 nitrogen and oxygen atoms in total. The van der Waals surface area contributed by atoms with Crippen LogP contribution in [0, 0.1) is 0 Å². The van der Waals surface area contributed by atoms with E-state index in [9.17, 15) is 14.7 Å². The summed E-state index contributed by atoms with van der Waals surface area (Å²) < 4.78 is 10.8. The number of carboxylic acids is 1. The second-order valence-electron chi connectivity index (χ2n) is 8.07. The predicted octanol–water partition coefficient (Wildman–Crippen LogP) is 4.96. The number of hydrogen-bond donors (Lipinski definition) is 1. The molecule has 1 aliphatic carbocycles. The number of carboxylic acid groups (broad SMARTS) is 1. The number of aryl methyl sites for hydroxylation is 1. The normalized spacial score (nSPS) is 12.0. The van der Waals surface area contributed by atoms with E-state index in [0.29, 0.717) is 13.0 Å².